The van der Waals surface area contributed by atoms with E-state index in [0.717, 1.165) is 30.8 Å². The van der Waals surface area contributed by atoms with Crippen molar-refractivity contribution in [1.29, 1.82) is 0 Å². The maximum absolute atomic E-state index is 4.79. The Balaban J connectivity index is 1.34. The van der Waals surface area contributed by atoms with Gasteiger partial charge in [0.1, 0.15) is 5.84 Å². The van der Waals surface area contributed by atoms with Crippen LogP contribution < -0.4 is 5.32 Å². The quantitative estimate of drug-likeness (QED) is 0.445. The minimum Gasteiger partial charge on any atom is -0.366 e. The zero-order chi connectivity index (χ0) is 20.6. The van der Waals surface area contributed by atoms with Gasteiger partial charge in [-0.25, -0.2) is 0 Å². The molecular weight excluding hydrogens is 378 g/mol. The van der Waals surface area contributed by atoms with Crippen molar-refractivity contribution in [3.8, 4) is 5.69 Å². The van der Waals surface area contributed by atoms with Gasteiger partial charge in [0, 0.05) is 40.5 Å². The number of hydrogen-bond donors (Lipinski definition) is 1. The number of hydrogen-bond acceptors (Lipinski definition) is 2. The van der Waals surface area contributed by atoms with E-state index in [9.17, 15) is 0 Å². The van der Waals surface area contributed by atoms with E-state index >= 15 is 0 Å². The molecule has 3 aromatic carbocycles. The van der Waals surface area contributed by atoms with Crippen molar-refractivity contribution in [3.63, 3.8) is 0 Å². The van der Waals surface area contributed by atoms with E-state index in [4.69, 9.17) is 4.99 Å². The van der Waals surface area contributed by atoms with Crippen molar-refractivity contribution in [1.82, 2.24) is 9.88 Å². The number of fused-ring (bicyclic) bond motifs is 3. The van der Waals surface area contributed by atoms with Gasteiger partial charge < -0.3 is 9.88 Å². The standard InChI is InChI=1S/C28H25N3/c1-2-8-20(9-3-1)25-18-19-29-28(30-25)21-14-16-22(17-15-21)31-26-12-6-4-10-23(26)24-11-5-7-13-27(24)31/h1-8,10-17,20,25H,9,18-19H2,(H,29,30). The molecule has 2 heterocycles. The van der Waals surface area contributed by atoms with Crippen molar-refractivity contribution in [2.24, 2.45) is 10.9 Å². The Bertz CT molecular complexity index is 1280. The van der Waals surface area contributed by atoms with Gasteiger partial charge >= 0.3 is 0 Å². The second-order valence-corrected chi connectivity index (χ2v) is 8.40. The molecule has 4 aromatic rings. The summed E-state index contributed by atoms with van der Waals surface area (Å²) in [5, 5.41) is 6.29. The fourth-order valence-corrected chi connectivity index (χ4v) is 4.97. The van der Waals surface area contributed by atoms with Gasteiger partial charge in [0.2, 0.25) is 0 Å². The van der Waals surface area contributed by atoms with Crippen LogP contribution in [0.25, 0.3) is 27.5 Å². The summed E-state index contributed by atoms with van der Waals surface area (Å²) in [6, 6.07) is 26.5. The first kappa shape index (κ1) is 18.2. The highest BCUT2D eigenvalue weighted by molar-refractivity contribution is 6.09. The fraction of sp³-hybridized carbons (Fsp3) is 0.179. The van der Waals surface area contributed by atoms with Crippen LogP contribution in [0, 0.1) is 5.92 Å². The van der Waals surface area contributed by atoms with Crippen LogP contribution >= 0.6 is 0 Å². The summed E-state index contributed by atoms with van der Waals surface area (Å²) >= 11 is 0. The second kappa shape index (κ2) is 7.59. The Kier molecular flexibility index (Phi) is 4.45. The molecule has 31 heavy (non-hydrogen) atoms. The third kappa shape index (κ3) is 3.17. The van der Waals surface area contributed by atoms with Crippen molar-refractivity contribution < 1.29 is 0 Å². The average Bonchev–Trinajstić information content (AvgIpc) is 3.19. The number of benzene rings is 3. The molecule has 2 atom stereocenters. The van der Waals surface area contributed by atoms with Crippen molar-refractivity contribution in [3.05, 3.63) is 103 Å². The molecule has 0 saturated carbocycles. The van der Waals surface area contributed by atoms with E-state index < -0.39 is 0 Å². The number of aromatic nitrogens is 1. The van der Waals surface area contributed by atoms with Gasteiger partial charge in [0.05, 0.1) is 11.0 Å². The number of nitrogens with zero attached hydrogens (tertiary/aromatic N) is 2. The maximum atomic E-state index is 4.79. The molecular formula is C28H25N3. The van der Waals surface area contributed by atoms with E-state index in [2.05, 4.69) is 107 Å². The van der Waals surface area contributed by atoms with Gasteiger partial charge in [-0.1, -0.05) is 60.7 Å². The fourth-order valence-electron chi connectivity index (χ4n) is 4.97. The summed E-state index contributed by atoms with van der Waals surface area (Å²) in [5.41, 5.74) is 4.81. The van der Waals surface area contributed by atoms with Crippen molar-refractivity contribution in [2.75, 3.05) is 6.54 Å². The lowest BCUT2D eigenvalue weighted by Crippen LogP contribution is -2.43. The largest absolute Gasteiger partial charge is 0.366 e. The molecule has 3 nitrogen and oxygen atoms in total. The number of amidine groups is 1. The zero-order valence-corrected chi connectivity index (χ0v) is 17.4. The first-order valence-corrected chi connectivity index (χ1v) is 11.1. The first-order valence-electron chi connectivity index (χ1n) is 11.1. The van der Waals surface area contributed by atoms with E-state index in [1.165, 1.54) is 27.5 Å². The third-order valence-corrected chi connectivity index (χ3v) is 6.54. The minimum atomic E-state index is 0.450. The summed E-state index contributed by atoms with van der Waals surface area (Å²) in [6.45, 7) is 0.885. The highest BCUT2D eigenvalue weighted by atomic mass is 15.1. The third-order valence-electron chi connectivity index (χ3n) is 6.54. The predicted molar refractivity (Wildman–Crippen MR) is 130 cm³/mol. The summed E-state index contributed by atoms with van der Waals surface area (Å²) in [6.07, 6.45) is 11.1. The molecule has 152 valence electrons. The number of allylic oxidation sites excluding steroid dienone is 3. The Labute approximate surface area is 182 Å². The topological polar surface area (TPSA) is 29.3 Å². The molecule has 3 heteroatoms. The molecule has 0 fully saturated rings. The van der Waals surface area contributed by atoms with Gasteiger partial charge in [-0.3, -0.25) is 4.99 Å². The van der Waals surface area contributed by atoms with Crippen LogP contribution in [-0.4, -0.2) is 23.0 Å². The van der Waals surface area contributed by atoms with Crippen LogP contribution in [0.4, 0.5) is 0 Å². The molecule has 0 radical (unpaired) electrons. The Morgan fingerprint density at radius 3 is 2.19 bits per heavy atom. The Morgan fingerprint density at radius 2 is 1.52 bits per heavy atom. The lowest BCUT2D eigenvalue weighted by Gasteiger charge is -2.30. The van der Waals surface area contributed by atoms with Crippen molar-refractivity contribution in [2.45, 2.75) is 18.9 Å². The SMILES string of the molecule is C1=CCC(C2CCN=C(c3ccc(-n4c5ccccc5c5ccccc54)cc3)N2)C=C1. The van der Waals surface area contributed by atoms with Crippen LogP contribution in [0.2, 0.25) is 0 Å². The number of aliphatic imine (C=N–C) groups is 1. The molecule has 6 rings (SSSR count). The van der Waals surface area contributed by atoms with E-state index in [1.54, 1.807) is 0 Å². The van der Waals surface area contributed by atoms with E-state index in [1.807, 2.05) is 0 Å². The van der Waals surface area contributed by atoms with E-state index in [0.29, 0.717) is 12.0 Å². The van der Waals surface area contributed by atoms with Gasteiger partial charge in [-0.2, -0.15) is 0 Å². The van der Waals surface area contributed by atoms with Gasteiger partial charge in [-0.15, -0.1) is 0 Å². The van der Waals surface area contributed by atoms with Crippen LogP contribution in [0.3, 0.4) is 0 Å². The summed E-state index contributed by atoms with van der Waals surface area (Å²) in [4.78, 5) is 4.79. The number of nitrogens with one attached hydrogen (secondary N) is 1. The summed E-state index contributed by atoms with van der Waals surface area (Å²) in [5.74, 6) is 1.57. The molecule has 1 aliphatic carbocycles. The van der Waals surface area contributed by atoms with E-state index in [-0.39, 0.29) is 0 Å². The van der Waals surface area contributed by atoms with Crippen molar-refractivity contribution >= 4 is 27.6 Å². The maximum Gasteiger partial charge on any atom is 0.128 e. The second-order valence-electron chi connectivity index (χ2n) is 8.40. The lowest BCUT2D eigenvalue weighted by molar-refractivity contribution is 0.428. The normalized spacial score (nSPS) is 20.7. The number of rotatable bonds is 3. The van der Waals surface area contributed by atoms with Crippen LogP contribution in [0.1, 0.15) is 18.4 Å². The molecule has 0 spiro atoms. The molecule has 2 aliphatic rings. The van der Waals surface area contributed by atoms with Gasteiger partial charge in [-0.05, 0) is 49.2 Å². The molecule has 1 aliphatic heterocycles. The van der Waals surface area contributed by atoms with Gasteiger partial charge in [0.25, 0.3) is 0 Å². The average molecular weight is 404 g/mol. The number of para-hydroxylation sites is 2. The minimum absolute atomic E-state index is 0.450. The molecule has 0 saturated heterocycles. The molecule has 2 unspecified atom stereocenters. The molecule has 1 N–H and O–H groups in total. The first-order chi connectivity index (χ1) is 15.4. The highest BCUT2D eigenvalue weighted by Crippen LogP contribution is 2.31. The Morgan fingerprint density at radius 1 is 0.806 bits per heavy atom. The molecule has 0 bridgehead atoms. The van der Waals surface area contributed by atoms with Crippen LogP contribution in [0.5, 0.6) is 0 Å². The summed E-state index contributed by atoms with van der Waals surface area (Å²) in [7, 11) is 0. The van der Waals surface area contributed by atoms with Crippen LogP contribution in [0.15, 0.2) is 102 Å². The molecule has 1 aromatic heterocycles. The summed E-state index contributed by atoms with van der Waals surface area (Å²) < 4.78 is 2.35. The lowest BCUT2D eigenvalue weighted by atomic mass is 9.89. The zero-order valence-electron chi connectivity index (χ0n) is 17.4. The molecule has 0 amide bonds. The highest BCUT2D eigenvalue weighted by Gasteiger charge is 2.23. The smallest absolute Gasteiger partial charge is 0.128 e. The predicted octanol–water partition coefficient (Wildman–Crippen LogP) is 6.02. The Hall–Kier alpha value is -3.59. The van der Waals surface area contributed by atoms with Crippen LogP contribution in [-0.2, 0) is 0 Å². The monoisotopic (exact) mass is 403 g/mol. The van der Waals surface area contributed by atoms with Gasteiger partial charge in [0.15, 0.2) is 0 Å².